The molecular weight excluding hydrogens is 222 g/mol. The quantitative estimate of drug-likeness (QED) is 0.877. The van der Waals surface area contributed by atoms with Crippen LogP contribution in [0.3, 0.4) is 0 Å². The topological polar surface area (TPSA) is 25.2 Å². The first-order chi connectivity index (χ1) is 8.63. The lowest BCUT2D eigenvalue weighted by molar-refractivity contribution is 0.460. The normalized spacial score (nSPS) is 12.9. The lowest BCUT2D eigenvalue weighted by atomic mass is 9.97. The summed E-state index contributed by atoms with van der Waals surface area (Å²) in [6.07, 6.45) is 1.75. The molecule has 1 atom stereocenters. The molecule has 2 rings (SSSR count). The second kappa shape index (κ2) is 5.40. The minimum atomic E-state index is 0.126. The molecule has 18 heavy (non-hydrogen) atoms. The van der Waals surface area contributed by atoms with E-state index in [0.717, 1.165) is 5.76 Å². The Morgan fingerprint density at radius 2 is 1.61 bits per heavy atom. The summed E-state index contributed by atoms with van der Waals surface area (Å²) in [5.74, 6) is 1.56. The van der Waals surface area contributed by atoms with Crippen molar-refractivity contribution in [3.05, 3.63) is 59.0 Å². The molecule has 0 bridgehead atoms. The van der Waals surface area contributed by atoms with Gasteiger partial charge >= 0.3 is 0 Å². The highest BCUT2D eigenvalue weighted by Crippen LogP contribution is 2.26. The molecule has 0 aliphatic carbocycles. The van der Waals surface area contributed by atoms with Crippen molar-refractivity contribution in [1.29, 1.82) is 0 Å². The Kier molecular flexibility index (Phi) is 3.87. The van der Waals surface area contributed by atoms with Crippen molar-refractivity contribution in [1.82, 2.24) is 5.32 Å². The molecule has 1 aromatic carbocycles. The highest BCUT2D eigenvalue weighted by Gasteiger charge is 2.17. The summed E-state index contributed by atoms with van der Waals surface area (Å²) >= 11 is 0. The average molecular weight is 243 g/mol. The summed E-state index contributed by atoms with van der Waals surface area (Å²) in [6.45, 7) is 6.49. The predicted molar refractivity (Wildman–Crippen MR) is 74.9 cm³/mol. The van der Waals surface area contributed by atoms with Crippen LogP contribution >= 0.6 is 0 Å². The van der Waals surface area contributed by atoms with Crippen molar-refractivity contribution in [2.75, 3.05) is 7.05 Å². The zero-order chi connectivity index (χ0) is 13.1. The van der Waals surface area contributed by atoms with E-state index in [0.29, 0.717) is 5.92 Å². The van der Waals surface area contributed by atoms with Crippen molar-refractivity contribution < 1.29 is 4.42 Å². The van der Waals surface area contributed by atoms with E-state index in [9.17, 15) is 0 Å². The van der Waals surface area contributed by atoms with Gasteiger partial charge in [0, 0.05) is 0 Å². The van der Waals surface area contributed by atoms with Crippen LogP contribution in [0.1, 0.15) is 48.3 Å². The minimum Gasteiger partial charge on any atom is -0.467 e. The molecule has 2 aromatic rings. The predicted octanol–water partition coefficient (Wildman–Crippen LogP) is 4.02. The number of benzene rings is 1. The summed E-state index contributed by atoms with van der Waals surface area (Å²) in [6, 6.07) is 10.9. The molecule has 1 unspecified atom stereocenters. The molecule has 0 saturated heterocycles. The number of aryl methyl sites for hydroxylation is 1. The number of hydrogen-bond donors (Lipinski definition) is 1. The fourth-order valence-corrected chi connectivity index (χ4v) is 2.20. The first-order valence-electron chi connectivity index (χ1n) is 6.44. The van der Waals surface area contributed by atoms with Crippen molar-refractivity contribution in [2.45, 2.75) is 32.7 Å². The van der Waals surface area contributed by atoms with E-state index in [-0.39, 0.29) is 6.04 Å². The van der Waals surface area contributed by atoms with E-state index >= 15 is 0 Å². The molecule has 0 fully saturated rings. The van der Waals surface area contributed by atoms with Crippen LogP contribution in [0.2, 0.25) is 0 Å². The maximum Gasteiger partial charge on any atom is 0.128 e. The molecule has 2 heteroatoms. The van der Waals surface area contributed by atoms with Gasteiger partial charge in [0.2, 0.25) is 0 Å². The van der Waals surface area contributed by atoms with Crippen LogP contribution in [-0.2, 0) is 0 Å². The maximum atomic E-state index is 5.59. The Balaban J connectivity index is 2.31. The molecular formula is C16H21NO. The van der Waals surface area contributed by atoms with Crippen molar-refractivity contribution in [3.63, 3.8) is 0 Å². The van der Waals surface area contributed by atoms with Crippen LogP contribution in [0.4, 0.5) is 0 Å². The zero-order valence-electron chi connectivity index (χ0n) is 11.5. The van der Waals surface area contributed by atoms with Crippen LogP contribution in [-0.4, -0.2) is 7.05 Å². The first kappa shape index (κ1) is 12.9. The first-order valence-corrected chi connectivity index (χ1v) is 6.44. The number of furan rings is 1. The molecule has 96 valence electrons. The van der Waals surface area contributed by atoms with E-state index in [1.54, 1.807) is 6.26 Å². The Morgan fingerprint density at radius 3 is 2.06 bits per heavy atom. The van der Waals surface area contributed by atoms with Gasteiger partial charge in [0.05, 0.1) is 12.3 Å². The molecule has 0 aliphatic heterocycles. The second-order valence-corrected chi connectivity index (χ2v) is 5.01. The van der Waals surface area contributed by atoms with Crippen molar-refractivity contribution >= 4 is 0 Å². The van der Waals surface area contributed by atoms with Crippen LogP contribution < -0.4 is 5.32 Å². The lowest BCUT2D eigenvalue weighted by Crippen LogP contribution is -2.17. The largest absolute Gasteiger partial charge is 0.467 e. The maximum absolute atomic E-state index is 5.59. The van der Waals surface area contributed by atoms with Crippen LogP contribution in [0.5, 0.6) is 0 Å². The minimum absolute atomic E-state index is 0.126. The van der Waals surface area contributed by atoms with E-state index < -0.39 is 0 Å². The molecule has 0 saturated carbocycles. The average Bonchev–Trinajstić information content (AvgIpc) is 2.78. The monoisotopic (exact) mass is 243 g/mol. The van der Waals surface area contributed by atoms with Crippen LogP contribution in [0.15, 0.2) is 41.0 Å². The number of hydrogen-bond acceptors (Lipinski definition) is 2. The lowest BCUT2D eigenvalue weighted by Gasteiger charge is -2.16. The van der Waals surface area contributed by atoms with Gasteiger partial charge in [-0.25, -0.2) is 0 Å². The van der Waals surface area contributed by atoms with Gasteiger partial charge in [0.25, 0.3) is 0 Å². The summed E-state index contributed by atoms with van der Waals surface area (Å²) < 4.78 is 5.59. The molecule has 0 aliphatic rings. The molecule has 0 radical (unpaired) electrons. The van der Waals surface area contributed by atoms with Crippen molar-refractivity contribution in [2.24, 2.45) is 0 Å². The standard InChI is InChI=1S/C16H21NO/c1-11(2)13-5-7-14(8-6-13)15(17-4)16-12(3)9-10-18-16/h5-11,15,17H,1-4H3. The summed E-state index contributed by atoms with van der Waals surface area (Å²) in [5.41, 5.74) is 3.78. The van der Waals surface area contributed by atoms with E-state index in [4.69, 9.17) is 4.42 Å². The van der Waals surface area contributed by atoms with E-state index in [1.807, 2.05) is 13.1 Å². The SMILES string of the molecule is CNC(c1ccc(C(C)C)cc1)c1occc1C. The third kappa shape index (κ3) is 2.49. The molecule has 0 amide bonds. The molecule has 2 nitrogen and oxygen atoms in total. The summed E-state index contributed by atoms with van der Waals surface area (Å²) in [7, 11) is 1.96. The fraction of sp³-hybridized carbons (Fsp3) is 0.375. The Bertz CT molecular complexity index is 496. The zero-order valence-corrected chi connectivity index (χ0v) is 11.5. The van der Waals surface area contributed by atoms with Gasteiger partial charge in [-0.3, -0.25) is 0 Å². The second-order valence-electron chi connectivity index (χ2n) is 5.01. The molecule has 1 aromatic heterocycles. The Labute approximate surface area is 109 Å². The fourth-order valence-electron chi connectivity index (χ4n) is 2.20. The van der Waals surface area contributed by atoms with Gasteiger partial charge in [0.1, 0.15) is 5.76 Å². The summed E-state index contributed by atoms with van der Waals surface area (Å²) in [5, 5.41) is 3.32. The third-order valence-corrected chi connectivity index (χ3v) is 3.39. The van der Waals surface area contributed by atoms with Crippen molar-refractivity contribution in [3.8, 4) is 0 Å². The van der Waals surface area contributed by atoms with Gasteiger partial charge in [-0.05, 0) is 42.6 Å². The number of nitrogens with one attached hydrogen (secondary N) is 1. The summed E-state index contributed by atoms with van der Waals surface area (Å²) in [4.78, 5) is 0. The van der Waals surface area contributed by atoms with Crippen LogP contribution in [0, 0.1) is 6.92 Å². The van der Waals surface area contributed by atoms with Crippen LogP contribution in [0.25, 0.3) is 0 Å². The van der Waals surface area contributed by atoms with Gasteiger partial charge in [-0.2, -0.15) is 0 Å². The molecule has 0 spiro atoms. The number of rotatable bonds is 4. The van der Waals surface area contributed by atoms with E-state index in [2.05, 4.69) is 50.4 Å². The Morgan fingerprint density at radius 1 is 1.00 bits per heavy atom. The Hall–Kier alpha value is -1.54. The highest BCUT2D eigenvalue weighted by molar-refractivity contribution is 5.33. The third-order valence-electron chi connectivity index (χ3n) is 3.39. The smallest absolute Gasteiger partial charge is 0.128 e. The van der Waals surface area contributed by atoms with Gasteiger partial charge < -0.3 is 9.73 Å². The molecule has 1 heterocycles. The van der Waals surface area contributed by atoms with Gasteiger partial charge in [0.15, 0.2) is 0 Å². The van der Waals surface area contributed by atoms with E-state index in [1.165, 1.54) is 16.7 Å². The van der Waals surface area contributed by atoms with Gasteiger partial charge in [-0.15, -0.1) is 0 Å². The highest BCUT2D eigenvalue weighted by atomic mass is 16.3. The van der Waals surface area contributed by atoms with Gasteiger partial charge in [-0.1, -0.05) is 38.1 Å². The molecule has 1 N–H and O–H groups in total.